The lowest BCUT2D eigenvalue weighted by molar-refractivity contribution is 0.0727. The largest absolute Gasteiger partial charge is 0.390 e. The zero-order chi connectivity index (χ0) is 9.97. The van der Waals surface area contributed by atoms with Crippen molar-refractivity contribution in [3.8, 4) is 0 Å². The number of aliphatic hydroxyl groups excluding tert-OH is 1. The third kappa shape index (κ3) is 1.55. The maximum absolute atomic E-state index is 9.12. The molecule has 0 spiro atoms. The molecule has 4 nitrogen and oxygen atoms in total. The van der Waals surface area contributed by atoms with E-state index in [4.69, 9.17) is 9.84 Å². The maximum Gasteiger partial charge on any atom is 0.0952 e. The summed E-state index contributed by atoms with van der Waals surface area (Å²) in [5, 5.41) is 9.12. The van der Waals surface area contributed by atoms with Crippen LogP contribution in [0.25, 0.3) is 0 Å². The Labute approximate surface area is 83.5 Å². The van der Waals surface area contributed by atoms with E-state index in [9.17, 15) is 0 Å². The predicted molar refractivity (Wildman–Crippen MR) is 51.8 cm³/mol. The van der Waals surface area contributed by atoms with Crippen molar-refractivity contribution >= 4 is 0 Å². The van der Waals surface area contributed by atoms with E-state index in [0.29, 0.717) is 6.04 Å². The van der Waals surface area contributed by atoms with Crippen molar-refractivity contribution in [2.24, 2.45) is 0 Å². The number of imidazole rings is 1. The van der Waals surface area contributed by atoms with E-state index in [0.717, 1.165) is 18.5 Å². The first kappa shape index (κ1) is 9.68. The number of nitrogens with zero attached hydrogens (tertiary/aromatic N) is 2. The Bertz CT molecular complexity index is 298. The molecule has 1 N–H and O–H groups in total. The van der Waals surface area contributed by atoms with Crippen molar-refractivity contribution in [1.29, 1.82) is 0 Å². The van der Waals surface area contributed by atoms with E-state index in [1.54, 1.807) is 19.6 Å². The van der Waals surface area contributed by atoms with Gasteiger partial charge in [0.05, 0.1) is 37.0 Å². The second-order valence-electron chi connectivity index (χ2n) is 3.72. The molecule has 78 valence electrons. The van der Waals surface area contributed by atoms with Crippen molar-refractivity contribution in [1.82, 2.24) is 9.55 Å². The van der Waals surface area contributed by atoms with Crippen molar-refractivity contribution in [3.63, 3.8) is 0 Å². The van der Waals surface area contributed by atoms with Gasteiger partial charge in [0.2, 0.25) is 0 Å². The summed E-state index contributed by atoms with van der Waals surface area (Å²) < 4.78 is 7.46. The summed E-state index contributed by atoms with van der Waals surface area (Å²) in [7, 11) is 1.75. The lowest BCUT2D eigenvalue weighted by Gasteiger charge is -2.21. The molecule has 14 heavy (non-hydrogen) atoms. The average molecular weight is 196 g/mol. The molecular weight excluding hydrogens is 180 g/mol. The van der Waals surface area contributed by atoms with Crippen LogP contribution in [0.3, 0.4) is 0 Å². The summed E-state index contributed by atoms with van der Waals surface area (Å²) >= 11 is 0. The van der Waals surface area contributed by atoms with Gasteiger partial charge in [0.25, 0.3) is 0 Å². The number of aliphatic hydroxyl groups is 1. The normalized spacial score (nSPS) is 27.0. The number of aromatic nitrogens is 2. The Balaban J connectivity index is 2.21. The monoisotopic (exact) mass is 196 g/mol. The van der Waals surface area contributed by atoms with Crippen LogP contribution in [0.5, 0.6) is 0 Å². The van der Waals surface area contributed by atoms with E-state index in [-0.39, 0.29) is 12.7 Å². The van der Waals surface area contributed by atoms with Crippen LogP contribution in [-0.2, 0) is 11.3 Å². The molecule has 1 aliphatic rings. The Morgan fingerprint density at radius 1 is 1.64 bits per heavy atom. The standard InChI is InChI=1S/C10H16N2O2/c1-14-10-4-2-3-9(10)12-7-11-5-8(12)6-13/h5,7,9-10,13H,2-4,6H2,1H3. The molecule has 1 saturated carbocycles. The minimum atomic E-state index is 0.0485. The molecule has 0 amide bonds. The van der Waals surface area contributed by atoms with E-state index in [1.165, 1.54) is 6.42 Å². The second kappa shape index (κ2) is 4.11. The zero-order valence-corrected chi connectivity index (χ0v) is 8.39. The first-order valence-corrected chi connectivity index (χ1v) is 5.01. The first-order valence-electron chi connectivity index (χ1n) is 5.01. The number of rotatable bonds is 3. The van der Waals surface area contributed by atoms with Crippen LogP contribution in [0.4, 0.5) is 0 Å². The van der Waals surface area contributed by atoms with Gasteiger partial charge in [-0.1, -0.05) is 0 Å². The molecule has 2 unspecified atom stereocenters. The minimum absolute atomic E-state index is 0.0485. The molecule has 4 heteroatoms. The predicted octanol–water partition coefficient (Wildman–Crippen LogP) is 1.12. The molecule has 1 aromatic rings. The molecule has 2 atom stereocenters. The number of hydrogen-bond donors (Lipinski definition) is 1. The Kier molecular flexibility index (Phi) is 2.84. The molecule has 0 aliphatic heterocycles. The highest BCUT2D eigenvalue weighted by atomic mass is 16.5. The lowest BCUT2D eigenvalue weighted by Crippen LogP contribution is -2.21. The summed E-state index contributed by atoms with van der Waals surface area (Å²) in [5.74, 6) is 0. The SMILES string of the molecule is COC1CCCC1n1cncc1CO. The van der Waals surface area contributed by atoms with Crippen LogP contribution < -0.4 is 0 Å². The molecule has 1 aliphatic carbocycles. The van der Waals surface area contributed by atoms with E-state index in [1.807, 2.05) is 4.57 Å². The highest BCUT2D eigenvalue weighted by Crippen LogP contribution is 2.32. The average Bonchev–Trinajstić information content (AvgIpc) is 2.85. The van der Waals surface area contributed by atoms with Crippen molar-refractivity contribution in [2.45, 2.75) is 38.0 Å². The third-order valence-corrected chi connectivity index (χ3v) is 2.99. The minimum Gasteiger partial charge on any atom is -0.390 e. The van der Waals surface area contributed by atoms with Crippen LogP contribution in [0.15, 0.2) is 12.5 Å². The Morgan fingerprint density at radius 2 is 2.50 bits per heavy atom. The van der Waals surface area contributed by atoms with Gasteiger partial charge in [0.15, 0.2) is 0 Å². The number of methoxy groups -OCH3 is 1. The highest BCUT2D eigenvalue weighted by Gasteiger charge is 2.29. The molecule has 2 rings (SSSR count). The van der Waals surface area contributed by atoms with Crippen LogP contribution in [0, 0.1) is 0 Å². The van der Waals surface area contributed by atoms with Gasteiger partial charge in [0, 0.05) is 7.11 Å². The van der Waals surface area contributed by atoms with E-state index < -0.39 is 0 Å². The summed E-state index contributed by atoms with van der Waals surface area (Å²) in [6.45, 7) is 0.0485. The maximum atomic E-state index is 9.12. The fourth-order valence-corrected chi connectivity index (χ4v) is 2.25. The van der Waals surface area contributed by atoms with Crippen LogP contribution >= 0.6 is 0 Å². The molecule has 0 aromatic carbocycles. The van der Waals surface area contributed by atoms with E-state index >= 15 is 0 Å². The van der Waals surface area contributed by atoms with Crippen molar-refractivity contribution < 1.29 is 9.84 Å². The molecule has 1 aromatic heterocycles. The topological polar surface area (TPSA) is 47.3 Å². The molecule has 1 fully saturated rings. The van der Waals surface area contributed by atoms with E-state index in [2.05, 4.69) is 4.98 Å². The first-order chi connectivity index (χ1) is 6.86. The smallest absolute Gasteiger partial charge is 0.0952 e. The fraction of sp³-hybridized carbons (Fsp3) is 0.700. The van der Waals surface area contributed by atoms with Crippen LogP contribution in [0.2, 0.25) is 0 Å². The molecular formula is C10H16N2O2. The summed E-state index contributed by atoms with van der Waals surface area (Å²) in [6, 6.07) is 0.352. The Morgan fingerprint density at radius 3 is 3.21 bits per heavy atom. The summed E-state index contributed by atoms with van der Waals surface area (Å²) in [6.07, 6.45) is 7.17. The van der Waals surface area contributed by atoms with Gasteiger partial charge in [-0.3, -0.25) is 0 Å². The van der Waals surface area contributed by atoms with Gasteiger partial charge in [0.1, 0.15) is 0 Å². The molecule has 1 heterocycles. The van der Waals surface area contributed by atoms with Crippen molar-refractivity contribution in [3.05, 3.63) is 18.2 Å². The molecule has 0 bridgehead atoms. The molecule has 0 radical (unpaired) electrons. The van der Waals surface area contributed by atoms with Crippen LogP contribution in [-0.4, -0.2) is 27.9 Å². The zero-order valence-electron chi connectivity index (χ0n) is 8.39. The van der Waals surface area contributed by atoms with Gasteiger partial charge < -0.3 is 14.4 Å². The van der Waals surface area contributed by atoms with Crippen LogP contribution in [0.1, 0.15) is 31.0 Å². The number of ether oxygens (including phenoxy) is 1. The third-order valence-electron chi connectivity index (χ3n) is 2.99. The van der Waals surface area contributed by atoms with Gasteiger partial charge in [-0.15, -0.1) is 0 Å². The van der Waals surface area contributed by atoms with Gasteiger partial charge >= 0.3 is 0 Å². The lowest BCUT2D eigenvalue weighted by atomic mass is 10.2. The van der Waals surface area contributed by atoms with Gasteiger partial charge in [-0.25, -0.2) is 4.98 Å². The molecule has 0 saturated heterocycles. The van der Waals surface area contributed by atoms with Gasteiger partial charge in [-0.05, 0) is 19.3 Å². The second-order valence-corrected chi connectivity index (χ2v) is 3.72. The summed E-state index contributed by atoms with van der Waals surface area (Å²) in [4.78, 5) is 4.05. The highest BCUT2D eigenvalue weighted by molar-refractivity contribution is 5.01. The Hall–Kier alpha value is -0.870. The van der Waals surface area contributed by atoms with Crippen molar-refractivity contribution in [2.75, 3.05) is 7.11 Å². The fourth-order valence-electron chi connectivity index (χ4n) is 2.25. The van der Waals surface area contributed by atoms with Gasteiger partial charge in [-0.2, -0.15) is 0 Å². The number of hydrogen-bond acceptors (Lipinski definition) is 3. The summed E-state index contributed by atoms with van der Waals surface area (Å²) in [5.41, 5.74) is 0.874. The quantitative estimate of drug-likeness (QED) is 0.788.